The molecule has 2 aromatic rings. The summed E-state index contributed by atoms with van der Waals surface area (Å²) < 4.78 is 1.69. The molecule has 1 aromatic heterocycles. The first-order valence-corrected chi connectivity index (χ1v) is 6.96. The predicted octanol–water partition coefficient (Wildman–Crippen LogP) is 1.96. The van der Waals surface area contributed by atoms with Gasteiger partial charge >= 0.3 is 0 Å². The van der Waals surface area contributed by atoms with Crippen LogP contribution in [0.5, 0.6) is 0 Å². The lowest BCUT2D eigenvalue weighted by Crippen LogP contribution is -2.36. The van der Waals surface area contributed by atoms with Crippen LogP contribution in [0.15, 0.2) is 30.9 Å². The van der Waals surface area contributed by atoms with Crippen LogP contribution in [0.25, 0.3) is 0 Å². The van der Waals surface area contributed by atoms with Gasteiger partial charge in [0.1, 0.15) is 12.7 Å². The second-order valence-electron chi connectivity index (χ2n) is 5.19. The summed E-state index contributed by atoms with van der Waals surface area (Å²) in [5.41, 5.74) is 3.61. The molecule has 0 N–H and O–H groups in total. The van der Waals surface area contributed by atoms with Crippen LogP contribution in [-0.4, -0.2) is 27.2 Å². The number of fused-ring (bicyclic) bond motifs is 1. The highest BCUT2D eigenvalue weighted by Crippen LogP contribution is 2.28. The molecular formula is C15H18N4O. The Morgan fingerprint density at radius 3 is 3.10 bits per heavy atom. The van der Waals surface area contributed by atoms with Crippen LogP contribution in [0.1, 0.15) is 24.0 Å². The summed E-state index contributed by atoms with van der Waals surface area (Å²) in [6.45, 7) is 3.48. The van der Waals surface area contributed by atoms with E-state index in [9.17, 15) is 4.79 Å². The molecule has 104 valence electrons. The molecule has 1 aliphatic rings. The van der Waals surface area contributed by atoms with E-state index in [1.165, 1.54) is 17.5 Å². The molecule has 0 aliphatic carbocycles. The van der Waals surface area contributed by atoms with Gasteiger partial charge in [0.15, 0.2) is 0 Å². The van der Waals surface area contributed by atoms with E-state index < -0.39 is 0 Å². The van der Waals surface area contributed by atoms with Gasteiger partial charge in [0, 0.05) is 18.7 Å². The summed E-state index contributed by atoms with van der Waals surface area (Å²) in [5.74, 6) is 0.158. The van der Waals surface area contributed by atoms with E-state index in [4.69, 9.17) is 0 Å². The number of benzene rings is 1. The van der Waals surface area contributed by atoms with Crippen LogP contribution in [0.2, 0.25) is 0 Å². The lowest BCUT2D eigenvalue weighted by molar-refractivity contribution is -0.119. The number of amides is 1. The molecule has 1 aromatic carbocycles. The zero-order valence-corrected chi connectivity index (χ0v) is 11.6. The molecule has 0 spiro atoms. The van der Waals surface area contributed by atoms with Gasteiger partial charge in [-0.2, -0.15) is 5.10 Å². The molecule has 0 atom stereocenters. The van der Waals surface area contributed by atoms with Gasteiger partial charge in [0.05, 0.1) is 6.54 Å². The molecule has 5 heteroatoms. The summed E-state index contributed by atoms with van der Waals surface area (Å²) >= 11 is 0. The molecule has 0 fully saturated rings. The fraction of sp³-hybridized carbons (Fsp3) is 0.400. The minimum absolute atomic E-state index is 0.158. The Morgan fingerprint density at radius 1 is 1.40 bits per heavy atom. The normalized spacial score (nSPS) is 14.2. The van der Waals surface area contributed by atoms with Crippen LogP contribution < -0.4 is 4.90 Å². The Balaban J connectivity index is 1.73. The van der Waals surface area contributed by atoms with E-state index in [0.29, 0.717) is 13.0 Å². The highest BCUT2D eigenvalue weighted by molar-refractivity contribution is 5.94. The average molecular weight is 270 g/mol. The van der Waals surface area contributed by atoms with Crippen molar-refractivity contribution in [2.45, 2.75) is 32.7 Å². The van der Waals surface area contributed by atoms with Crippen LogP contribution >= 0.6 is 0 Å². The Morgan fingerprint density at radius 2 is 2.30 bits per heavy atom. The van der Waals surface area contributed by atoms with Crippen molar-refractivity contribution in [2.24, 2.45) is 0 Å². The largest absolute Gasteiger partial charge is 0.312 e. The molecule has 3 rings (SSSR count). The molecule has 5 nitrogen and oxygen atoms in total. The molecule has 0 radical (unpaired) electrons. The van der Waals surface area contributed by atoms with Crippen molar-refractivity contribution >= 4 is 11.6 Å². The van der Waals surface area contributed by atoms with E-state index in [2.05, 4.69) is 35.2 Å². The van der Waals surface area contributed by atoms with Crippen LogP contribution in [-0.2, 0) is 17.8 Å². The third-order valence-electron chi connectivity index (χ3n) is 3.68. The maximum Gasteiger partial charge on any atom is 0.228 e. The Labute approximate surface area is 118 Å². The summed E-state index contributed by atoms with van der Waals surface area (Å²) in [6, 6.07) is 6.32. The molecule has 0 unspecified atom stereocenters. The number of aryl methyl sites for hydroxylation is 3. The number of rotatable bonds is 3. The first-order valence-electron chi connectivity index (χ1n) is 6.96. The van der Waals surface area contributed by atoms with Crippen LogP contribution in [0, 0.1) is 6.92 Å². The second kappa shape index (κ2) is 5.45. The molecule has 2 heterocycles. The van der Waals surface area contributed by atoms with Crippen LogP contribution in [0.3, 0.4) is 0 Å². The topological polar surface area (TPSA) is 51.0 Å². The van der Waals surface area contributed by atoms with Crippen molar-refractivity contribution in [3.05, 3.63) is 42.0 Å². The van der Waals surface area contributed by atoms with Crippen molar-refractivity contribution < 1.29 is 4.79 Å². The number of hydrogen-bond acceptors (Lipinski definition) is 3. The molecular weight excluding hydrogens is 252 g/mol. The zero-order chi connectivity index (χ0) is 13.9. The van der Waals surface area contributed by atoms with Gasteiger partial charge in [0.2, 0.25) is 5.91 Å². The van der Waals surface area contributed by atoms with Crippen molar-refractivity contribution in [1.29, 1.82) is 0 Å². The number of hydrogen-bond donors (Lipinski definition) is 0. The third kappa shape index (κ3) is 2.57. The Hall–Kier alpha value is -2.17. The predicted molar refractivity (Wildman–Crippen MR) is 76.5 cm³/mol. The maximum absolute atomic E-state index is 12.4. The van der Waals surface area contributed by atoms with Gasteiger partial charge in [-0.3, -0.25) is 9.48 Å². The molecule has 1 amide bonds. The highest BCUT2D eigenvalue weighted by Gasteiger charge is 2.22. The maximum atomic E-state index is 12.4. The standard InChI is InChI=1S/C15H18N4O/c1-12-4-5-14-13(9-12)3-2-7-19(14)15(20)6-8-18-11-16-10-17-18/h4-5,9-11H,2-3,6-8H2,1H3. The minimum atomic E-state index is 0.158. The smallest absolute Gasteiger partial charge is 0.228 e. The minimum Gasteiger partial charge on any atom is -0.312 e. The average Bonchev–Trinajstić information content (AvgIpc) is 2.97. The molecule has 0 bridgehead atoms. The highest BCUT2D eigenvalue weighted by atomic mass is 16.2. The monoisotopic (exact) mass is 270 g/mol. The van der Waals surface area contributed by atoms with Gasteiger partial charge in [-0.25, -0.2) is 4.98 Å². The number of aromatic nitrogens is 3. The van der Waals surface area contributed by atoms with Crippen molar-refractivity contribution in [1.82, 2.24) is 14.8 Å². The quantitative estimate of drug-likeness (QED) is 0.856. The fourth-order valence-corrected chi connectivity index (χ4v) is 2.68. The number of carbonyl (C=O) groups excluding carboxylic acids is 1. The second-order valence-corrected chi connectivity index (χ2v) is 5.19. The Bertz CT molecular complexity index is 606. The van der Waals surface area contributed by atoms with Gasteiger partial charge in [-0.05, 0) is 31.4 Å². The SMILES string of the molecule is Cc1ccc2c(c1)CCCN2C(=O)CCn1cncn1. The van der Waals surface area contributed by atoms with Gasteiger partial charge in [-0.15, -0.1) is 0 Å². The first kappa shape index (κ1) is 12.8. The lowest BCUT2D eigenvalue weighted by atomic mass is 9.99. The van der Waals surface area contributed by atoms with Crippen LogP contribution in [0.4, 0.5) is 5.69 Å². The molecule has 20 heavy (non-hydrogen) atoms. The van der Waals surface area contributed by atoms with Gasteiger partial charge < -0.3 is 4.90 Å². The third-order valence-corrected chi connectivity index (χ3v) is 3.68. The van der Waals surface area contributed by atoms with E-state index in [1.54, 1.807) is 11.0 Å². The van der Waals surface area contributed by atoms with Crippen molar-refractivity contribution in [2.75, 3.05) is 11.4 Å². The van der Waals surface area contributed by atoms with Crippen molar-refractivity contribution in [3.63, 3.8) is 0 Å². The number of carbonyl (C=O) groups is 1. The van der Waals surface area contributed by atoms with Crippen molar-refractivity contribution in [3.8, 4) is 0 Å². The Kier molecular flexibility index (Phi) is 3.50. The molecule has 0 saturated carbocycles. The first-order chi connectivity index (χ1) is 9.74. The number of nitrogens with zero attached hydrogens (tertiary/aromatic N) is 4. The zero-order valence-electron chi connectivity index (χ0n) is 11.6. The van der Waals surface area contributed by atoms with E-state index >= 15 is 0 Å². The fourth-order valence-electron chi connectivity index (χ4n) is 2.68. The summed E-state index contributed by atoms with van der Waals surface area (Å²) in [5, 5.41) is 4.02. The summed E-state index contributed by atoms with van der Waals surface area (Å²) in [4.78, 5) is 18.2. The lowest BCUT2D eigenvalue weighted by Gasteiger charge is -2.29. The van der Waals surface area contributed by atoms with E-state index in [-0.39, 0.29) is 5.91 Å². The molecule has 1 aliphatic heterocycles. The summed E-state index contributed by atoms with van der Waals surface area (Å²) in [6.07, 6.45) is 5.68. The summed E-state index contributed by atoms with van der Waals surface area (Å²) in [7, 11) is 0. The van der Waals surface area contributed by atoms with E-state index in [0.717, 1.165) is 25.1 Å². The van der Waals surface area contributed by atoms with E-state index in [1.807, 2.05) is 4.90 Å². The van der Waals surface area contributed by atoms with Gasteiger partial charge in [0.25, 0.3) is 0 Å². The molecule has 0 saturated heterocycles. The van der Waals surface area contributed by atoms with Gasteiger partial charge in [-0.1, -0.05) is 17.7 Å². The number of anilines is 1.